The standard InChI is InChI=1S/C19H16O2/c1-2-21-12-11-18(20)19-16-9-5-3-7-14(16)13-15-8-4-6-10-17(15)19/h3-13H,2H2,1H3. The zero-order chi connectivity index (χ0) is 14.7. The summed E-state index contributed by atoms with van der Waals surface area (Å²) in [6, 6.07) is 18.1. The Kier molecular flexibility index (Phi) is 3.69. The van der Waals surface area contributed by atoms with Gasteiger partial charge in [-0.3, -0.25) is 4.79 Å². The fourth-order valence-corrected chi connectivity index (χ4v) is 2.57. The van der Waals surface area contributed by atoms with Crippen LogP contribution in [0, 0.1) is 0 Å². The van der Waals surface area contributed by atoms with E-state index < -0.39 is 0 Å². The van der Waals surface area contributed by atoms with Crippen molar-refractivity contribution < 1.29 is 9.53 Å². The number of rotatable bonds is 4. The van der Waals surface area contributed by atoms with Crippen molar-refractivity contribution in [2.45, 2.75) is 6.92 Å². The van der Waals surface area contributed by atoms with E-state index in [1.165, 1.54) is 12.3 Å². The Bertz CT molecular complexity index is 777. The topological polar surface area (TPSA) is 26.3 Å². The smallest absolute Gasteiger partial charge is 0.190 e. The van der Waals surface area contributed by atoms with E-state index in [1.54, 1.807) is 0 Å². The molecule has 0 saturated heterocycles. The lowest BCUT2D eigenvalue weighted by atomic mass is 9.94. The fourth-order valence-electron chi connectivity index (χ4n) is 2.57. The third-order valence-corrected chi connectivity index (χ3v) is 3.50. The minimum atomic E-state index is -0.0311. The molecule has 0 radical (unpaired) electrons. The van der Waals surface area contributed by atoms with Crippen molar-refractivity contribution in [3.05, 3.63) is 72.5 Å². The molecule has 3 rings (SSSR count). The summed E-state index contributed by atoms with van der Waals surface area (Å²) < 4.78 is 5.15. The molecule has 0 saturated carbocycles. The monoisotopic (exact) mass is 276 g/mol. The summed E-state index contributed by atoms with van der Waals surface area (Å²) in [6.07, 6.45) is 2.97. The van der Waals surface area contributed by atoms with Crippen molar-refractivity contribution in [3.63, 3.8) is 0 Å². The molecule has 0 spiro atoms. The summed E-state index contributed by atoms with van der Waals surface area (Å²) >= 11 is 0. The van der Waals surface area contributed by atoms with Crippen molar-refractivity contribution in [1.29, 1.82) is 0 Å². The first-order valence-corrected chi connectivity index (χ1v) is 7.04. The van der Waals surface area contributed by atoms with Crippen LogP contribution < -0.4 is 0 Å². The van der Waals surface area contributed by atoms with Gasteiger partial charge >= 0.3 is 0 Å². The van der Waals surface area contributed by atoms with Gasteiger partial charge in [0.05, 0.1) is 12.9 Å². The van der Waals surface area contributed by atoms with Gasteiger partial charge in [-0.25, -0.2) is 0 Å². The molecule has 2 nitrogen and oxygen atoms in total. The van der Waals surface area contributed by atoms with E-state index in [4.69, 9.17) is 4.74 Å². The first kappa shape index (κ1) is 13.4. The van der Waals surface area contributed by atoms with Crippen LogP contribution in [0.25, 0.3) is 21.5 Å². The Labute approximate surface area is 123 Å². The second kappa shape index (κ2) is 5.80. The molecule has 0 N–H and O–H groups in total. The van der Waals surface area contributed by atoms with Gasteiger partial charge in [-0.05, 0) is 34.5 Å². The molecule has 2 heteroatoms. The molecule has 21 heavy (non-hydrogen) atoms. The van der Waals surface area contributed by atoms with Crippen LogP contribution in [-0.4, -0.2) is 12.4 Å². The molecule has 3 aromatic rings. The van der Waals surface area contributed by atoms with Gasteiger partial charge in [-0.1, -0.05) is 48.5 Å². The zero-order valence-corrected chi connectivity index (χ0v) is 11.9. The maximum absolute atomic E-state index is 12.6. The summed E-state index contributed by atoms with van der Waals surface area (Å²) in [4.78, 5) is 12.6. The zero-order valence-electron chi connectivity index (χ0n) is 11.9. The lowest BCUT2D eigenvalue weighted by Crippen LogP contribution is -1.98. The van der Waals surface area contributed by atoms with E-state index in [2.05, 4.69) is 6.07 Å². The molecule has 104 valence electrons. The summed E-state index contributed by atoms with van der Waals surface area (Å²) in [5.74, 6) is -0.0311. The third kappa shape index (κ3) is 2.52. The van der Waals surface area contributed by atoms with Gasteiger partial charge < -0.3 is 4.74 Å². The molecule has 0 aliphatic rings. The van der Waals surface area contributed by atoms with Crippen LogP contribution in [0.4, 0.5) is 0 Å². The van der Waals surface area contributed by atoms with E-state index >= 15 is 0 Å². The van der Waals surface area contributed by atoms with Crippen LogP contribution in [-0.2, 0) is 4.74 Å². The Balaban J connectivity index is 2.27. The van der Waals surface area contributed by atoms with Gasteiger partial charge in [-0.2, -0.15) is 0 Å². The molecule has 0 fully saturated rings. The highest BCUT2D eigenvalue weighted by Gasteiger charge is 2.12. The number of ether oxygens (including phenoxy) is 1. The number of hydrogen-bond donors (Lipinski definition) is 0. The van der Waals surface area contributed by atoms with Gasteiger partial charge in [0.15, 0.2) is 5.78 Å². The number of ketones is 1. The Hall–Kier alpha value is -2.61. The number of fused-ring (bicyclic) bond motifs is 2. The Morgan fingerprint density at radius 3 is 2.14 bits per heavy atom. The van der Waals surface area contributed by atoms with Crippen molar-refractivity contribution in [3.8, 4) is 0 Å². The van der Waals surface area contributed by atoms with Crippen LogP contribution in [0.3, 0.4) is 0 Å². The van der Waals surface area contributed by atoms with Crippen LogP contribution >= 0.6 is 0 Å². The largest absolute Gasteiger partial charge is 0.501 e. The average molecular weight is 276 g/mol. The highest BCUT2D eigenvalue weighted by atomic mass is 16.5. The second-order valence-corrected chi connectivity index (χ2v) is 4.82. The predicted octanol–water partition coefficient (Wildman–Crippen LogP) is 4.73. The van der Waals surface area contributed by atoms with Crippen LogP contribution in [0.5, 0.6) is 0 Å². The molecule has 0 amide bonds. The highest BCUT2D eigenvalue weighted by molar-refractivity contribution is 6.22. The second-order valence-electron chi connectivity index (χ2n) is 4.82. The highest BCUT2D eigenvalue weighted by Crippen LogP contribution is 2.29. The van der Waals surface area contributed by atoms with Crippen LogP contribution in [0.1, 0.15) is 17.3 Å². The fraction of sp³-hybridized carbons (Fsp3) is 0.105. The summed E-state index contributed by atoms with van der Waals surface area (Å²) in [5, 5.41) is 4.10. The molecular weight excluding hydrogens is 260 g/mol. The van der Waals surface area contributed by atoms with Gasteiger partial charge in [0.2, 0.25) is 0 Å². The van der Waals surface area contributed by atoms with Crippen molar-refractivity contribution in [2.24, 2.45) is 0 Å². The van der Waals surface area contributed by atoms with Crippen LogP contribution in [0.2, 0.25) is 0 Å². The maximum atomic E-state index is 12.6. The number of hydrogen-bond acceptors (Lipinski definition) is 2. The van der Waals surface area contributed by atoms with Gasteiger partial charge in [0, 0.05) is 11.6 Å². The van der Waals surface area contributed by atoms with E-state index in [1.807, 2.05) is 55.5 Å². The van der Waals surface area contributed by atoms with Gasteiger partial charge in [0.1, 0.15) is 0 Å². The lowest BCUT2D eigenvalue weighted by molar-refractivity contribution is 0.104. The van der Waals surface area contributed by atoms with Crippen molar-refractivity contribution >= 4 is 27.3 Å². The molecule has 0 bridgehead atoms. The quantitative estimate of drug-likeness (QED) is 0.298. The predicted molar refractivity (Wildman–Crippen MR) is 86.6 cm³/mol. The Morgan fingerprint density at radius 2 is 1.57 bits per heavy atom. The van der Waals surface area contributed by atoms with E-state index in [9.17, 15) is 4.79 Å². The van der Waals surface area contributed by atoms with Gasteiger partial charge in [-0.15, -0.1) is 0 Å². The number of carbonyl (C=O) groups excluding carboxylic acids is 1. The van der Waals surface area contributed by atoms with E-state index in [0.717, 1.165) is 27.1 Å². The molecule has 0 atom stereocenters. The first-order valence-electron chi connectivity index (χ1n) is 7.04. The summed E-state index contributed by atoms with van der Waals surface area (Å²) in [5.41, 5.74) is 0.736. The first-order chi connectivity index (χ1) is 10.3. The SMILES string of the molecule is CCOC=CC(=O)c1c2ccccc2cc2ccccc12. The third-order valence-electron chi connectivity index (χ3n) is 3.50. The van der Waals surface area contributed by atoms with E-state index in [0.29, 0.717) is 6.61 Å². The summed E-state index contributed by atoms with van der Waals surface area (Å²) in [7, 11) is 0. The normalized spacial score (nSPS) is 11.3. The van der Waals surface area contributed by atoms with E-state index in [-0.39, 0.29) is 5.78 Å². The van der Waals surface area contributed by atoms with Gasteiger partial charge in [0.25, 0.3) is 0 Å². The van der Waals surface area contributed by atoms with Crippen LogP contribution in [0.15, 0.2) is 66.9 Å². The van der Waals surface area contributed by atoms with Crippen molar-refractivity contribution in [1.82, 2.24) is 0 Å². The molecule has 0 aliphatic heterocycles. The molecular formula is C19H16O2. The lowest BCUT2D eigenvalue weighted by Gasteiger charge is -2.09. The molecule has 0 heterocycles. The maximum Gasteiger partial charge on any atom is 0.190 e. The number of allylic oxidation sites excluding steroid dienone is 1. The van der Waals surface area contributed by atoms with Crippen molar-refractivity contribution in [2.75, 3.05) is 6.61 Å². The number of benzene rings is 3. The average Bonchev–Trinajstić information content (AvgIpc) is 2.52. The molecule has 0 aliphatic carbocycles. The Morgan fingerprint density at radius 1 is 1.00 bits per heavy atom. The number of carbonyl (C=O) groups is 1. The molecule has 0 aromatic heterocycles. The molecule has 0 unspecified atom stereocenters. The minimum Gasteiger partial charge on any atom is -0.501 e. The minimum absolute atomic E-state index is 0.0311. The molecule has 3 aromatic carbocycles. The summed E-state index contributed by atoms with van der Waals surface area (Å²) in [6.45, 7) is 2.45.